The maximum absolute atomic E-state index is 13.8. The van der Waals surface area contributed by atoms with Crippen LogP contribution in [0.5, 0.6) is 11.5 Å². The Morgan fingerprint density at radius 1 is 1.05 bits per heavy atom. The maximum Gasteiger partial charge on any atom is 0.255 e. The van der Waals surface area contributed by atoms with Gasteiger partial charge in [-0.25, -0.2) is 4.68 Å². The van der Waals surface area contributed by atoms with Crippen molar-refractivity contribution in [3.05, 3.63) is 101 Å². The molecule has 0 radical (unpaired) electrons. The summed E-state index contributed by atoms with van der Waals surface area (Å²) in [7, 11) is 1.58. The number of anilines is 2. The number of rotatable bonds is 10. The summed E-state index contributed by atoms with van der Waals surface area (Å²) in [6, 6.07) is 24.7. The summed E-state index contributed by atoms with van der Waals surface area (Å²) in [6.07, 6.45) is 1.01. The van der Waals surface area contributed by atoms with Gasteiger partial charge in [0.15, 0.2) is 0 Å². The molecule has 2 N–H and O–H groups in total. The van der Waals surface area contributed by atoms with Crippen LogP contribution in [-0.2, 0) is 11.4 Å². The molecule has 200 valence electrons. The van der Waals surface area contributed by atoms with Crippen molar-refractivity contribution in [1.82, 2.24) is 14.8 Å². The first-order valence-electron chi connectivity index (χ1n) is 12.9. The normalized spacial score (nSPS) is 14.4. The number of allylic oxidation sites excluding steroid dienone is 1. The standard InChI is InChI=1S/C30H31N5O3S/c1-4-18-39-30-33-29-31-20(2)26(28(36)32-24-12-8-9-13-25(24)37-3)27(35(29)34-30)22-14-16-23(17-15-22)38-19-21-10-6-5-7-11-21/h5-17,27H,4,18-19H2,1-3H3,(H,32,36)(H,31,33,34). The summed E-state index contributed by atoms with van der Waals surface area (Å²) in [6.45, 7) is 4.49. The second-order valence-electron chi connectivity index (χ2n) is 9.07. The van der Waals surface area contributed by atoms with Crippen molar-refractivity contribution >= 4 is 29.3 Å². The van der Waals surface area contributed by atoms with Crippen LogP contribution in [0.2, 0.25) is 0 Å². The minimum Gasteiger partial charge on any atom is -0.495 e. The molecule has 0 spiro atoms. The summed E-state index contributed by atoms with van der Waals surface area (Å²) in [4.78, 5) is 18.5. The number of fused-ring (bicyclic) bond motifs is 1. The van der Waals surface area contributed by atoms with Crippen LogP contribution in [0.1, 0.15) is 37.4 Å². The monoisotopic (exact) mass is 541 g/mol. The number of hydrogen-bond acceptors (Lipinski definition) is 7. The smallest absolute Gasteiger partial charge is 0.255 e. The van der Waals surface area contributed by atoms with E-state index in [1.54, 1.807) is 23.6 Å². The molecule has 1 aliphatic heterocycles. The van der Waals surface area contributed by atoms with E-state index in [1.807, 2.05) is 85.8 Å². The molecule has 0 fully saturated rings. The van der Waals surface area contributed by atoms with Crippen molar-refractivity contribution in [3.8, 4) is 11.5 Å². The van der Waals surface area contributed by atoms with E-state index in [1.165, 1.54) is 0 Å². The van der Waals surface area contributed by atoms with Gasteiger partial charge in [0.1, 0.15) is 24.1 Å². The molecule has 39 heavy (non-hydrogen) atoms. The molecular weight excluding hydrogens is 510 g/mol. The van der Waals surface area contributed by atoms with Crippen molar-refractivity contribution in [2.45, 2.75) is 38.1 Å². The van der Waals surface area contributed by atoms with Gasteiger partial charge in [0.2, 0.25) is 11.1 Å². The predicted octanol–water partition coefficient (Wildman–Crippen LogP) is 6.30. The fourth-order valence-electron chi connectivity index (χ4n) is 4.41. The number of nitrogens with zero attached hydrogens (tertiary/aromatic N) is 3. The molecule has 1 aromatic heterocycles. The van der Waals surface area contributed by atoms with Gasteiger partial charge in [0.25, 0.3) is 5.91 Å². The molecule has 0 aliphatic carbocycles. The first kappa shape index (κ1) is 26.4. The Bertz CT molecular complexity index is 1470. The van der Waals surface area contributed by atoms with Gasteiger partial charge in [-0.05, 0) is 48.7 Å². The summed E-state index contributed by atoms with van der Waals surface area (Å²) >= 11 is 1.60. The van der Waals surface area contributed by atoms with E-state index in [9.17, 15) is 4.79 Å². The van der Waals surface area contributed by atoms with Gasteiger partial charge in [-0.2, -0.15) is 4.98 Å². The summed E-state index contributed by atoms with van der Waals surface area (Å²) in [5.41, 5.74) is 3.84. The molecular formula is C30H31N5O3S. The number of benzene rings is 3. The second-order valence-corrected chi connectivity index (χ2v) is 10.1. The Labute approximate surface area is 232 Å². The lowest BCUT2D eigenvalue weighted by molar-refractivity contribution is -0.113. The number of carbonyl (C=O) groups is 1. The van der Waals surface area contributed by atoms with E-state index >= 15 is 0 Å². The average Bonchev–Trinajstić information content (AvgIpc) is 3.37. The molecule has 1 unspecified atom stereocenters. The number of aromatic nitrogens is 3. The van der Waals surface area contributed by atoms with Crippen LogP contribution in [-0.4, -0.2) is 33.5 Å². The van der Waals surface area contributed by atoms with E-state index in [2.05, 4.69) is 17.6 Å². The first-order chi connectivity index (χ1) is 19.1. The van der Waals surface area contributed by atoms with Gasteiger partial charge >= 0.3 is 0 Å². The number of hydrogen-bond donors (Lipinski definition) is 2. The number of amides is 1. The van der Waals surface area contributed by atoms with E-state index in [-0.39, 0.29) is 5.91 Å². The third kappa shape index (κ3) is 5.93. The lowest BCUT2D eigenvalue weighted by Gasteiger charge is -2.29. The van der Waals surface area contributed by atoms with Crippen molar-refractivity contribution in [2.24, 2.45) is 0 Å². The van der Waals surface area contributed by atoms with E-state index < -0.39 is 6.04 Å². The number of carbonyl (C=O) groups excluding carboxylic acids is 1. The van der Waals surface area contributed by atoms with E-state index in [0.29, 0.717) is 40.4 Å². The molecule has 1 aliphatic rings. The van der Waals surface area contributed by atoms with Crippen molar-refractivity contribution in [1.29, 1.82) is 0 Å². The minimum atomic E-state index is -0.484. The maximum atomic E-state index is 13.8. The fourth-order valence-corrected chi connectivity index (χ4v) is 5.10. The topological polar surface area (TPSA) is 90.3 Å². The fraction of sp³-hybridized carbons (Fsp3) is 0.233. The molecule has 2 heterocycles. The molecule has 0 bridgehead atoms. The van der Waals surface area contributed by atoms with Gasteiger partial charge < -0.3 is 20.1 Å². The van der Waals surface area contributed by atoms with Crippen LogP contribution in [0.15, 0.2) is 95.3 Å². The molecule has 0 saturated carbocycles. The highest BCUT2D eigenvalue weighted by Crippen LogP contribution is 2.38. The van der Waals surface area contributed by atoms with Crippen LogP contribution < -0.4 is 20.1 Å². The minimum absolute atomic E-state index is 0.247. The largest absolute Gasteiger partial charge is 0.495 e. The number of methoxy groups -OCH3 is 1. The summed E-state index contributed by atoms with van der Waals surface area (Å²) in [5.74, 6) is 2.60. The van der Waals surface area contributed by atoms with Crippen LogP contribution in [0, 0.1) is 0 Å². The zero-order valence-electron chi connectivity index (χ0n) is 22.2. The van der Waals surface area contributed by atoms with Crippen LogP contribution >= 0.6 is 11.8 Å². The summed E-state index contributed by atoms with van der Waals surface area (Å²) in [5, 5.41) is 11.8. The Morgan fingerprint density at radius 2 is 1.79 bits per heavy atom. The van der Waals surface area contributed by atoms with Gasteiger partial charge in [-0.1, -0.05) is 73.3 Å². The van der Waals surface area contributed by atoms with Gasteiger partial charge in [0.05, 0.1) is 18.4 Å². The summed E-state index contributed by atoms with van der Waals surface area (Å²) < 4.78 is 13.2. The highest BCUT2D eigenvalue weighted by molar-refractivity contribution is 7.99. The first-order valence-corrected chi connectivity index (χ1v) is 13.8. The van der Waals surface area contributed by atoms with Crippen molar-refractivity contribution in [3.63, 3.8) is 0 Å². The molecule has 3 aromatic carbocycles. The third-order valence-corrected chi connectivity index (χ3v) is 7.36. The van der Waals surface area contributed by atoms with E-state index in [4.69, 9.17) is 19.6 Å². The quantitative estimate of drug-likeness (QED) is 0.228. The molecule has 5 rings (SSSR count). The number of para-hydroxylation sites is 2. The van der Waals surface area contributed by atoms with Gasteiger partial charge in [0, 0.05) is 11.4 Å². The zero-order valence-corrected chi connectivity index (χ0v) is 23.0. The van der Waals surface area contributed by atoms with Crippen LogP contribution in [0.3, 0.4) is 0 Å². The predicted molar refractivity (Wildman–Crippen MR) is 154 cm³/mol. The third-order valence-electron chi connectivity index (χ3n) is 6.31. The van der Waals surface area contributed by atoms with Gasteiger partial charge in [-0.15, -0.1) is 5.10 Å². The lowest BCUT2D eigenvalue weighted by Crippen LogP contribution is -2.31. The van der Waals surface area contributed by atoms with Gasteiger partial charge in [-0.3, -0.25) is 4.79 Å². The van der Waals surface area contributed by atoms with Crippen molar-refractivity contribution < 1.29 is 14.3 Å². The molecule has 4 aromatic rings. The molecule has 1 amide bonds. The molecule has 9 heteroatoms. The lowest BCUT2D eigenvalue weighted by atomic mass is 9.95. The van der Waals surface area contributed by atoms with Crippen LogP contribution in [0.25, 0.3) is 0 Å². The molecule has 0 saturated heterocycles. The highest BCUT2D eigenvalue weighted by atomic mass is 32.2. The molecule has 8 nitrogen and oxygen atoms in total. The Balaban J connectivity index is 1.47. The van der Waals surface area contributed by atoms with Crippen molar-refractivity contribution in [2.75, 3.05) is 23.5 Å². The Kier molecular flexibility index (Phi) is 8.17. The van der Waals surface area contributed by atoms with Crippen LogP contribution in [0.4, 0.5) is 11.6 Å². The Morgan fingerprint density at radius 3 is 2.54 bits per heavy atom. The second kappa shape index (κ2) is 12.1. The number of thioether (sulfide) groups is 1. The highest BCUT2D eigenvalue weighted by Gasteiger charge is 2.34. The Hall–Kier alpha value is -4.24. The average molecular weight is 542 g/mol. The number of ether oxygens (including phenoxy) is 2. The van der Waals surface area contributed by atoms with E-state index in [0.717, 1.165) is 29.1 Å². The molecule has 1 atom stereocenters. The number of nitrogens with one attached hydrogen (secondary N) is 2. The zero-order chi connectivity index (χ0) is 27.2. The SMILES string of the molecule is CCCSc1nc2n(n1)C(c1ccc(OCc3ccccc3)cc1)C(C(=O)Nc1ccccc1OC)=C(C)N2.